The van der Waals surface area contributed by atoms with Gasteiger partial charge in [-0.15, -0.1) is 0 Å². The Bertz CT molecular complexity index is 625. The molecule has 2 rings (SSSR count). The van der Waals surface area contributed by atoms with E-state index in [0.29, 0.717) is 5.75 Å². The van der Waals surface area contributed by atoms with Gasteiger partial charge >= 0.3 is 0 Å². The molecule has 0 heterocycles. The Kier molecular flexibility index (Phi) is 4.26. The van der Waals surface area contributed by atoms with Crippen LogP contribution in [0.1, 0.15) is 49.9 Å². The Hall–Kier alpha value is -1.96. The molecule has 0 aliphatic carbocycles. The first kappa shape index (κ1) is 15.4. The molecule has 2 aromatic rings. The Balaban J connectivity index is 2.61. The minimum Gasteiger partial charge on any atom is -0.508 e. The summed E-state index contributed by atoms with van der Waals surface area (Å²) in [6.45, 7) is 8.57. The Morgan fingerprint density at radius 3 is 1.90 bits per heavy atom. The molecule has 2 nitrogen and oxygen atoms in total. The van der Waals surface area contributed by atoms with Crippen molar-refractivity contribution >= 4 is 0 Å². The summed E-state index contributed by atoms with van der Waals surface area (Å²) in [4.78, 5) is 0. The van der Waals surface area contributed by atoms with E-state index in [-0.39, 0.29) is 11.2 Å². The predicted octanol–water partition coefficient (Wildman–Crippen LogP) is 4.55. The minimum atomic E-state index is -0.170. The van der Waals surface area contributed by atoms with Gasteiger partial charge in [-0.05, 0) is 53.3 Å². The monoisotopic (exact) mass is 284 g/mol. The molecule has 0 unspecified atom stereocenters. The summed E-state index contributed by atoms with van der Waals surface area (Å²) >= 11 is 0. The highest BCUT2D eigenvalue weighted by atomic mass is 16.3. The smallest absolute Gasteiger partial charge is 0.119 e. The van der Waals surface area contributed by atoms with Crippen LogP contribution in [0.4, 0.5) is 0 Å². The second kappa shape index (κ2) is 5.80. The molecule has 0 radical (unpaired) electrons. The molecule has 0 aliphatic rings. The molecule has 0 spiro atoms. The average molecular weight is 284 g/mol. The van der Waals surface area contributed by atoms with E-state index in [2.05, 4.69) is 27.7 Å². The maximum absolute atomic E-state index is 10.1. The molecule has 2 aromatic carbocycles. The first-order chi connectivity index (χ1) is 9.91. The van der Waals surface area contributed by atoms with Crippen molar-refractivity contribution in [3.8, 4) is 11.5 Å². The average Bonchev–Trinajstić information content (AvgIpc) is 2.46. The molecule has 0 aromatic heterocycles. The van der Waals surface area contributed by atoms with Crippen molar-refractivity contribution in [3.63, 3.8) is 0 Å². The molecule has 0 saturated carbocycles. The van der Waals surface area contributed by atoms with Crippen molar-refractivity contribution in [1.82, 2.24) is 0 Å². The summed E-state index contributed by atoms with van der Waals surface area (Å²) in [7, 11) is 0. The normalized spacial score (nSPS) is 11.6. The van der Waals surface area contributed by atoms with E-state index in [0.717, 1.165) is 24.0 Å². The van der Waals surface area contributed by atoms with Gasteiger partial charge in [-0.2, -0.15) is 0 Å². The van der Waals surface area contributed by atoms with Crippen molar-refractivity contribution in [1.29, 1.82) is 0 Å². The van der Waals surface area contributed by atoms with Gasteiger partial charge in [-0.3, -0.25) is 0 Å². The summed E-state index contributed by atoms with van der Waals surface area (Å²) in [6, 6.07) is 11.2. The molecule has 0 bridgehead atoms. The topological polar surface area (TPSA) is 40.5 Å². The van der Waals surface area contributed by atoms with Crippen LogP contribution in [0.5, 0.6) is 11.5 Å². The van der Waals surface area contributed by atoms with E-state index in [1.807, 2.05) is 18.2 Å². The highest BCUT2D eigenvalue weighted by molar-refractivity contribution is 5.51. The van der Waals surface area contributed by atoms with Gasteiger partial charge in [0.15, 0.2) is 0 Å². The third-order valence-corrected chi connectivity index (χ3v) is 4.38. The maximum atomic E-state index is 10.1. The molecule has 2 N–H and O–H groups in total. The van der Waals surface area contributed by atoms with E-state index in [1.165, 1.54) is 11.1 Å². The maximum Gasteiger partial charge on any atom is 0.119 e. The molecule has 0 atom stereocenters. The fourth-order valence-corrected chi connectivity index (χ4v) is 3.10. The molecule has 112 valence electrons. The van der Waals surface area contributed by atoms with E-state index >= 15 is 0 Å². The lowest BCUT2D eigenvalue weighted by Gasteiger charge is -2.30. The Labute approximate surface area is 127 Å². The molecule has 0 saturated heterocycles. The van der Waals surface area contributed by atoms with Crippen molar-refractivity contribution in [2.24, 2.45) is 0 Å². The van der Waals surface area contributed by atoms with Crippen molar-refractivity contribution in [3.05, 3.63) is 58.7 Å². The second-order valence-corrected chi connectivity index (χ2v) is 5.97. The van der Waals surface area contributed by atoms with Crippen LogP contribution in [0.3, 0.4) is 0 Å². The molecule has 21 heavy (non-hydrogen) atoms. The zero-order chi connectivity index (χ0) is 15.6. The number of phenols is 2. The SMILES string of the molecule is CCc1c(O)ccc(C(C)(C)c2ccc(O)cc2)c1CC. The van der Waals surface area contributed by atoms with Gasteiger partial charge in [0, 0.05) is 5.41 Å². The van der Waals surface area contributed by atoms with Crippen LogP contribution >= 0.6 is 0 Å². The lowest BCUT2D eigenvalue weighted by Crippen LogP contribution is -2.21. The molecular weight excluding hydrogens is 260 g/mol. The van der Waals surface area contributed by atoms with Gasteiger partial charge in [-0.1, -0.05) is 45.9 Å². The number of phenolic OH excluding ortho intramolecular Hbond substituents is 2. The van der Waals surface area contributed by atoms with Crippen LogP contribution in [0.2, 0.25) is 0 Å². The van der Waals surface area contributed by atoms with Crippen molar-refractivity contribution in [2.45, 2.75) is 46.0 Å². The lowest BCUT2D eigenvalue weighted by molar-refractivity contribution is 0.466. The first-order valence-corrected chi connectivity index (χ1v) is 7.55. The summed E-state index contributed by atoms with van der Waals surface area (Å²) in [5.41, 5.74) is 4.50. The molecule has 0 amide bonds. The number of rotatable bonds is 4. The quantitative estimate of drug-likeness (QED) is 0.864. The molecular formula is C19H24O2. The van der Waals surface area contributed by atoms with Gasteiger partial charge in [-0.25, -0.2) is 0 Å². The van der Waals surface area contributed by atoms with Gasteiger partial charge < -0.3 is 10.2 Å². The Morgan fingerprint density at radius 2 is 1.38 bits per heavy atom. The van der Waals surface area contributed by atoms with Crippen LogP contribution in [0.25, 0.3) is 0 Å². The van der Waals surface area contributed by atoms with Gasteiger partial charge in [0.1, 0.15) is 11.5 Å². The third kappa shape index (κ3) is 2.76. The predicted molar refractivity (Wildman–Crippen MR) is 87.1 cm³/mol. The van der Waals surface area contributed by atoms with E-state index < -0.39 is 0 Å². The van der Waals surface area contributed by atoms with Gasteiger partial charge in [0.25, 0.3) is 0 Å². The molecule has 2 heteroatoms. The van der Waals surface area contributed by atoms with Crippen LogP contribution in [0.15, 0.2) is 36.4 Å². The number of hydrogen-bond donors (Lipinski definition) is 2. The van der Waals surface area contributed by atoms with E-state index in [9.17, 15) is 10.2 Å². The Morgan fingerprint density at radius 1 is 0.810 bits per heavy atom. The first-order valence-electron chi connectivity index (χ1n) is 7.55. The standard InChI is InChI=1S/C19H24O2/c1-5-15-16(6-2)18(21)12-11-17(15)19(3,4)13-7-9-14(20)10-8-13/h7-12,20-21H,5-6H2,1-4H3. The van der Waals surface area contributed by atoms with Crippen LogP contribution in [-0.4, -0.2) is 10.2 Å². The zero-order valence-electron chi connectivity index (χ0n) is 13.3. The zero-order valence-corrected chi connectivity index (χ0v) is 13.3. The fraction of sp³-hybridized carbons (Fsp3) is 0.368. The second-order valence-electron chi connectivity index (χ2n) is 5.97. The summed E-state index contributed by atoms with van der Waals surface area (Å²) in [5, 5.41) is 19.6. The summed E-state index contributed by atoms with van der Waals surface area (Å²) in [6.07, 6.45) is 1.73. The van der Waals surface area contributed by atoms with Crippen LogP contribution < -0.4 is 0 Å². The van der Waals surface area contributed by atoms with Crippen LogP contribution in [-0.2, 0) is 18.3 Å². The number of benzene rings is 2. The third-order valence-electron chi connectivity index (χ3n) is 4.38. The fourth-order valence-electron chi connectivity index (χ4n) is 3.10. The highest BCUT2D eigenvalue weighted by Gasteiger charge is 2.27. The summed E-state index contributed by atoms with van der Waals surface area (Å²) in [5.74, 6) is 0.671. The van der Waals surface area contributed by atoms with E-state index in [4.69, 9.17) is 0 Å². The highest BCUT2D eigenvalue weighted by Crippen LogP contribution is 2.38. The van der Waals surface area contributed by atoms with E-state index in [1.54, 1.807) is 18.2 Å². The minimum absolute atomic E-state index is 0.170. The summed E-state index contributed by atoms with van der Waals surface area (Å²) < 4.78 is 0. The van der Waals surface area contributed by atoms with Gasteiger partial charge in [0.05, 0.1) is 0 Å². The van der Waals surface area contributed by atoms with Crippen molar-refractivity contribution in [2.75, 3.05) is 0 Å². The number of hydrogen-bond acceptors (Lipinski definition) is 2. The largest absolute Gasteiger partial charge is 0.508 e. The van der Waals surface area contributed by atoms with Crippen LogP contribution in [0, 0.1) is 0 Å². The lowest BCUT2D eigenvalue weighted by atomic mass is 9.74. The molecule has 0 aliphatic heterocycles. The van der Waals surface area contributed by atoms with Gasteiger partial charge in [0.2, 0.25) is 0 Å². The van der Waals surface area contributed by atoms with Crippen molar-refractivity contribution < 1.29 is 10.2 Å². The molecule has 0 fully saturated rings. The number of aromatic hydroxyl groups is 2.